The number of halogens is 1. The van der Waals surface area contributed by atoms with Gasteiger partial charge in [0, 0.05) is 12.2 Å². The number of aromatic nitrogens is 1. The molecule has 0 unspecified atom stereocenters. The van der Waals surface area contributed by atoms with Crippen molar-refractivity contribution in [3.8, 4) is 0 Å². The van der Waals surface area contributed by atoms with Gasteiger partial charge in [0.1, 0.15) is 5.60 Å². The summed E-state index contributed by atoms with van der Waals surface area (Å²) in [7, 11) is 0. The van der Waals surface area contributed by atoms with Gasteiger partial charge < -0.3 is 9.30 Å². The summed E-state index contributed by atoms with van der Waals surface area (Å²) in [4.78, 5) is 24.6. The summed E-state index contributed by atoms with van der Waals surface area (Å²) in [6, 6.07) is 9.42. The molecule has 27 heavy (non-hydrogen) atoms. The SMILES string of the molecule is Cc1c(C2CC2)cc(Br)c(=O)n1CCc1ccc(C(=O)OC(C)(C)C)cc1. The van der Waals surface area contributed by atoms with E-state index in [0.717, 1.165) is 17.7 Å². The van der Waals surface area contributed by atoms with Crippen LogP contribution in [0.25, 0.3) is 0 Å². The minimum Gasteiger partial charge on any atom is -0.456 e. The monoisotopic (exact) mass is 431 g/mol. The van der Waals surface area contributed by atoms with Crippen molar-refractivity contribution in [3.63, 3.8) is 0 Å². The van der Waals surface area contributed by atoms with E-state index in [2.05, 4.69) is 15.9 Å². The van der Waals surface area contributed by atoms with Crippen molar-refractivity contribution < 1.29 is 9.53 Å². The molecule has 0 saturated heterocycles. The first kappa shape index (κ1) is 19.9. The molecule has 3 rings (SSSR count). The van der Waals surface area contributed by atoms with Crippen molar-refractivity contribution in [2.45, 2.75) is 65.0 Å². The topological polar surface area (TPSA) is 48.3 Å². The largest absolute Gasteiger partial charge is 0.456 e. The van der Waals surface area contributed by atoms with E-state index in [0.29, 0.717) is 22.5 Å². The second-order valence-electron chi connectivity index (χ2n) is 8.21. The lowest BCUT2D eigenvalue weighted by Gasteiger charge is -2.19. The molecule has 1 aliphatic rings. The predicted octanol–water partition coefficient (Wildman–Crippen LogP) is 4.99. The second kappa shape index (κ2) is 7.63. The molecular weight excluding hydrogens is 406 g/mol. The molecule has 0 aliphatic heterocycles. The summed E-state index contributed by atoms with van der Waals surface area (Å²) < 4.78 is 7.88. The Bertz CT molecular complexity index is 903. The summed E-state index contributed by atoms with van der Waals surface area (Å²) in [6.07, 6.45) is 3.14. The molecule has 5 heteroatoms. The van der Waals surface area contributed by atoms with Crippen molar-refractivity contribution in [1.82, 2.24) is 4.57 Å². The molecule has 1 heterocycles. The molecule has 1 aromatic heterocycles. The number of benzene rings is 1. The quantitative estimate of drug-likeness (QED) is 0.626. The van der Waals surface area contributed by atoms with Gasteiger partial charge in [-0.1, -0.05) is 12.1 Å². The number of esters is 1. The highest BCUT2D eigenvalue weighted by Gasteiger charge is 2.27. The first-order valence-corrected chi connectivity index (χ1v) is 10.2. The average molecular weight is 432 g/mol. The maximum Gasteiger partial charge on any atom is 0.338 e. The van der Waals surface area contributed by atoms with Gasteiger partial charge in [0.25, 0.3) is 5.56 Å². The van der Waals surface area contributed by atoms with Gasteiger partial charge in [-0.3, -0.25) is 4.79 Å². The van der Waals surface area contributed by atoms with Crippen LogP contribution in [0.5, 0.6) is 0 Å². The zero-order chi connectivity index (χ0) is 19.8. The van der Waals surface area contributed by atoms with E-state index in [1.807, 2.05) is 50.5 Å². The number of carbonyl (C=O) groups excluding carboxylic acids is 1. The van der Waals surface area contributed by atoms with Crippen LogP contribution in [-0.4, -0.2) is 16.1 Å². The second-order valence-corrected chi connectivity index (χ2v) is 9.07. The number of hydrogen-bond donors (Lipinski definition) is 0. The summed E-state index contributed by atoms with van der Waals surface area (Å²) in [6.45, 7) is 8.22. The molecular formula is C22H26BrNO3. The number of aryl methyl sites for hydroxylation is 1. The third-order valence-corrected chi connectivity index (χ3v) is 5.35. The smallest absolute Gasteiger partial charge is 0.338 e. The molecule has 0 amide bonds. The lowest BCUT2D eigenvalue weighted by atomic mass is 10.1. The number of nitrogens with zero attached hydrogens (tertiary/aromatic N) is 1. The van der Waals surface area contributed by atoms with Gasteiger partial charge in [-0.2, -0.15) is 0 Å². The number of rotatable bonds is 5. The van der Waals surface area contributed by atoms with E-state index in [1.165, 1.54) is 18.4 Å². The van der Waals surface area contributed by atoms with Crippen LogP contribution in [0.1, 0.15) is 66.7 Å². The Kier molecular flexibility index (Phi) is 5.61. The molecule has 0 spiro atoms. The van der Waals surface area contributed by atoms with Crippen molar-refractivity contribution in [2.75, 3.05) is 0 Å². The fourth-order valence-corrected chi connectivity index (χ4v) is 3.66. The van der Waals surface area contributed by atoms with Gasteiger partial charge in [-0.05, 0) is 98.1 Å². The highest BCUT2D eigenvalue weighted by atomic mass is 79.9. The van der Waals surface area contributed by atoms with Gasteiger partial charge >= 0.3 is 5.97 Å². The zero-order valence-electron chi connectivity index (χ0n) is 16.3. The Morgan fingerprint density at radius 2 is 1.85 bits per heavy atom. The average Bonchev–Trinajstić information content (AvgIpc) is 3.42. The Morgan fingerprint density at radius 1 is 1.22 bits per heavy atom. The van der Waals surface area contributed by atoms with Crippen LogP contribution in [0.4, 0.5) is 0 Å². The lowest BCUT2D eigenvalue weighted by Crippen LogP contribution is -2.25. The van der Waals surface area contributed by atoms with E-state index >= 15 is 0 Å². The van der Waals surface area contributed by atoms with Gasteiger partial charge in [0.15, 0.2) is 0 Å². The molecule has 1 aromatic carbocycles. The van der Waals surface area contributed by atoms with Crippen molar-refractivity contribution in [2.24, 2.45) is 0 Å². The molecule has 0 radical (unpaired) electrons. The Morgan fingerprint density at radius 3 is 2.41 bits per heavy atom. The van der Waals surface area contributed by atoms with E-state index < -0.39 is 5.60 Å². The highest BCUT2D eigenvalue weighted by Crippen LogP contribution is 2.41. The van der Waals surface area contributed by atoms with Crippen LogP contribution in [-0.2, 0) is 17.7 Å². The van der Waals surface area contributed by atoms with Gasteiger partial charge in [-0.15, -0.1) is 0 Å². The Balaban J connectivity index is 1.72. The first-order valence-electron chi connectivity index (χ1n) is 9.38. The summed E-state index contributed by atoms with van der Waals surface area (Å²) in [5, 5.41) is 0. The van der Waals surface area contributed by atoms with Gasteiger partial charge in [0.05, 0.1) is 10.0 Å². The van der Waals surface area contributed by atoms with Crippen LogP contribution in [0.15, 0.2) is 39.6 Å². The molecule has 1 fully saturated rings. The summed E-state index contributed by atoms with van der Waals surface area (Å²) in [5.41, 5.74) is 3.48. The van der Waals surface area contributed by atoms with Gasteiger partial charge in [-0.25, -0.2) is 4.79 Å². The summed E-state index contributed by atoms with van der Waals surface area (Å²) >= 11 is 3.42. The standard InChI is InChI=1S/C22H26BrNO3/c1-14-18(16-9-10-16)13-19(23)20(25)24(14)12-11-15-5-7-17(8-6-15)21(26)27-22(2,3)4/h5-8,13,16H,9-12H2,1-4H3. The van der Waals surface area contributed by atoms with Crippen LogP contribution in [0.2, 0.25) is 0 Å². The van der Waals surface area contributed by atoms with E-state index in [9.17, 15) is 9.59 Å². The molecule has 0 N–H and O–H groups in total. The normalized spacial score (nSPS) is 14.3. The van der Waals surface area contributed by atoms with Crippen LogP contribution >= 0.6 is 15.9 Å². The Hall–Kier alpha value is -1.88. The molecule has 0 bridgehead atoms. The maximum absolute atomic E-state index is 12.5. The number of ether oxygens (including phenoxy) is 1. The third kappa shape index (κ3) is 4.89. The first-order chi connectivity index (χ1) is 12.7. The Labute approximate surface area is 168 Å². The van der Waals surface area contributed by atoms with Crippen LogP contribution in [0, 0.1) is 6.92 Å². The van der Waals surface area contributed by atoms with E-state index in [1.54, 1.807) is 12.1 Å². The molecule has 0 atom stereocenters. The van der Waals surface area contributed by atoms with Gasteiger partial charge in [0.2, 0.25) is 0 Å². The predicted molar refractivity (Wildman–Crippen MR) is 110 cm³/mol. The zero-order valence-corrected chi connectivity index (χ0v) is 17.9. The number of carbonyl (C=O) groups is 1. The molecule has 1 saturated carbocycles. The van der Waals surface area contributed by atoms with E-state index in [-0.39, 0.29) is 11.5 Å². The minimum absolute atomic E-state index is 0.0160. The number of hydrogen-bond acceptors (Lipinski definition) is 3. The van der Waals surface area contributed by atoms with Crippen molar-refractivity contribution in [3.05, 3.63) is 67.5 Å². The van der Waals surface area contributed by atoms with E-state index in [4.69, 9.17) is 4.74 Å². The number of pyridine rings is 1. The molecule has 144 valence electrons. The third-order valence-electron chi connectivity index (χ3n) is 4.78. The highest BCUT2D eigenvalue weighted by molar-refractivity contribution is 9.10. The fourth-order valence-electron chi connectivity index (χ4n) is 3.20. The minimum atomic E-state index is -0.506. The molecule has 1 aliphatic carbocycles. The van der Waals surface area contributed by atoms with Crippen LogP contribution < -0.4 is 5.56 Å². The molecule has 4 nitrogen and oxygen atoms in total. The lowest BCUT2D eigenvalue weighted by molar-refractivity contribution is 0.00695. The maximum atomic E-state index is 12.5. The summed E-state index contributed by atoms with van der Waals surface area (Å²) in [5.74, 6) is 0.281. The van der Waals surface area contributed by atoms with Crippen molar-refractivity contribution >= 4 is 21.9 Å². The molecule has 2 aromatic rings. The van der Waals surface area contributed by atoms with Crippen LogP contribution in [0.3, 0.4) is 0 Å². The fraction of sp³-hybridized carbons (Fsp3) is 0.455. The van der Waals surface area contributed by atoms with Crippen molar-refractivity contribution in [1.29, 1.82) is 0 Å².